The summed E-state index contributed by atoms with van der Waals surface area (Å²) in [6.07, 6.45) is 5.16. The largest absolute Gasteiger partial charge is 0.385 e. The molecule has 3 amide bonds. The number of hydrogen-bond acceptors (Lipinski definition) is 4. The van der Waals surface area contributed by atoms with E-state index in [1.807, 2.05) is 31.2 Å². The van der Waals surface area contributed by atoms with Crippen LogP contribution in [0, 0.1) is 6.92 Å². The molecule has 0 bridgehead atoms. The number of nitrogens with one attached hydrogen (secondary N) is 2. The zero-order chi connectivity index (χ0) is 21.5. The summed E-state index contributed by atoms with van der Waals surface area (Å²) in [6, 6.07) is 7.42. The monoisotopic (exact) mass is 405 g/mol. The predicted molar refractivity (Wildman–Crippen MR) is 115 cm³/mol. The zero-order valence-corrected chi connectivity index (χ0v) is 18.0. The van der Waals surface area contributed by atoms with E-state index in [9.17, 15) is 14.4 Å². The Balaban J connectivity index is 2.44. The third-order valence-electron chi connectivity index (χ3n) is 4.49. The van der Waals surface area contributed by atoms with Gasteiger partial charge in [-0.3, -0.25) is 14.4 Å². The van der Waals surface area contributed by atoms with Crippen LogP contribution in [0.15, 0.2) is 24.3 Å². The lowest BCUT2D eigenvalue weighted by molar-refractivity contribution is -0.136. The van der Waals surface area contributed by atoms with Crippen molar-refractivity contribution in [3.8, 4) is 0 Å². The van der Waals surface area contributed by atoms with Crippen molar-refractivity contribution in [3.05, 3.63) is 29.8 Å². The van der Waals surface area contributed by atoms with Crippen LogP contribution < -0.4 is 10.6 Å². The zero-order valence-electron chi connectivity index (χ0n) is 18.0. The maximum Gasteiger partial charge on any atom is 0.243 e. The maximum absolute atomic E-state index is 12.5. The number of hydrogen-bond donors (Lipinski definition) is 2. The van der Waals surface area contributed by atoms with Crippen LogP contribution in [0.1, 0.15) is 51.0 Å². The van der Waals surface area contributed by atoms with Gasteiger partial charge in [-0.25, -0.2) is 0 Å². The van der Waals surface area contributed by atoms with E-state index in [-0.39, 0.29) is 30.8 Å². The van der Waals surface area contributed by atoms with Crippen LogP contribution in [0.4, 0.5) is 5.69 Å². The van der Waals surface area contributed by atoms with Crippen molar-refractivity contribution in [1.82, 2.24) is 10.2 Å². The van der Waals surface area contributed by atoms with E-state index in [1.165, 1.54) is 0 Å². The quantitative estimate of drug-likeness (QED) is 0.466. The number of carbonyl (C=O) groups is 3. The molecule has 29 heavy (non-hydrogen) atoms. The lowest BCUT2D eigenvalue weighted by Gasteiger charge is -2.22. The molecular formula is C22H35N3O4. The van der Waals surface area contributed by atoms with Gasteiger partial charge >= 0.3 is 0 Å². The van der Waals surface area contributed by atoms with Gasteiger partial charge in [0, 0.05) is 32.4 Å². The van der Waals surface area contributed by atoms with Crippen LogP contribution in [0.5, 0.6) is 0 Å². The van der Waals surface area contributed by atoms with E-state index < -0.39 is 0 Å². The van der Waals surface area contributed by atoms with E-state index in [2.05, 4.69) is 17.6 Å². The molecule has 7 heteroatoms. The number of anilines is 1. The highest BCUT2D eigenvalue weighted by Crippen LogP contribution is 2.08. The Morgan fingerprint density at radius 1 is 1.00 bits per heavy atom. The fourth-order valence-corrected chi connectivity index (χ4v) is 2.80. The summed E-state index contributed by atoms with van der Waals surface area (Å²) < 4.78 is 5.04. The van der Waals surface area contributed by atoms with E-state index in [1.54, 1.807) is 12.0 Å². The first-order valence-electron chi connectivity index (χ1n) is 10.4. The smallest absolute Gasteiger partial charge is 0.243 e. The minimum absolute atomic E-state index is 0.0311. The second kappa shape index (κ2) is 14.6. The Labute approximate surface area is 174 Å². The minimum Gasteiger partial charge on any atom is -0.385 e. The summed E-state index contributed by atoms with van der Waals surface area (Å²) >= 11 is 0. The summed E-state index contributed by atoms with van der Waals surface area (Å²) in [5.41, 5.74) is 1.78. The van der Waals surface area contributed by atoms with E-state index in [0.717, 1.165) is 31.2 Å². The number of rotatable bonds is 14. The van der Waals surface area contributed by atoms with Crippen LogP contribution in [0.25, 0.3) is 0 Å². The van der Waals surface area contributed by atoms with Crippen molar-refractivity contribution >= 4 is 23.4 Å². The molecule has 0 atom stereocenters. The first-order chi connectivity index (χ1) is 14.0. The molecule has 0 spiro atoms. The fourth-order valence-electron chi connectivity index (χ4n) is 2.80. The first kappa shape index (κ1) is 24.6. The summed E-state index contributed by atoms with van der Waals surface area (Å²) in [4.78, 5) is 38.3. The third kappa shape index (κ3) is 11.2. The number of unbranched alkanes of at least 4 members (excludes halogenated alkanes) is 3. The lowest BCUT2D eigenvalue weighted by Crippen LogP contribution is -2.43. The molecule has 0 aliphatic heterocycles. The maximum atomic E-state index is 12.5. The molecule has 0 fully saturated rings. The van der Waals surface area contributed by atoms with Crippen molar-refractivity contribution in [3.63, 3.8) is 0 Å². The van der Waals surface area contributed by atoms with E-state index in [0.29, 0.717) is 31.7 Å². The molecule has 162 valence electrons. The summed E-state index contributed by atoms with van der Waals surface area (Å²) in [5, 5.41) is 5.32. The number of methoxy groups -OCH3 is 1. The second-order valence-corrected chi connectivity index (χ2v) is 7.16. The van der Waals surface area contributed by atoms with Crippen LogP contribution in [-0.2, 0) is 19.1 Å². The lowest BCUT2D eigenvalue weighted by atomic mass is 10.1. The molecule has 0 radical (unpaired) electrons. The van der Waals surface area contributed by atoms with Gasteiger partial charge in [0.15, 0.2) is 0 Å². The number of ether oxygens (including phenoxy) is 1. The molecule has 0 aromatic heterocycles. The van der Waals surface area contributed by atoms with Crippen molar-refractivity contribution in [2.24, 2.45) is 0 Å². The van der Waals surface area contributed by atoms with E-state index >= 15 is 0 Å². The Kier molecular flexibility index (Phi) is 12.4. The fraction of sp³-hybridized carbons (Fsp3) is 0.591. The molecule has 1 rings (SSSR count). The topological polar surface area (TPSA) is 87.7 Å². The SMILES string of the molecule is CCCCCCC(=O)N(CCCOC)CC(=O)NCC(=O)Nc1ccc(C)cc1. The molecule has 0 heterocycles. The van der Waals surface area contributed by atoms with Crippen molar-refractivity contribution in [2.75, 3.05) is 38.7 Å². The Morgan fingerprint density at radius 2 is 1.72 bits per heavy atom. The average Bonchev–Trinajstić information content (AvgIpc) is 2.70. The van der Waals surface area contributed by atoms with Gasteiger partial charge in [0.1, 0.15) is 0 Å². The number of benzene rings is 1. The highest BCUT2D eigenvalue weighted by molar-refractivity contribution is 5.95. The van der Waals surface area contributed by atoms with Crippen LogP contribution in [-0.4, -0.2) is 56.0 Å². The molecule has 0 saturated carbocycles. The summed E-state index contributed by atoms with van der Waals surface area (Å²) in [6.45, 7) is 4.90. The molecule has 0 aliphatic carbocycles. The molecule has 0 unspecified atom stereocenters. The Morgan fingerprint density at radius 3 is 2.38 bits per heavy atom. The number of aryl methyl sites for hydroxylation is 1. The van der Waals surface area contributed by atoms with Crippen molar-refractivity contribution < 1.29 is 19.1 Å². The van der Waals surface area contributed by atoms with Gasteiger partial charge in [0.25, 0.3) is 0 Å². The average molecular weight is 406 g/mol. The Bertz CT molecular complexity index is 631. The van der Waals surface area contributed by atoms with Gasteiger partial charge < -0.3 is 20.3 Å². The predicted octanol–water partition coefficient (Wildman–Crippen LogP) is 2.89. The van der Waals surface area contributed by atoms with Crippen LogP contribution >= 0.6 is 0 Å². The molecular weight excluding hydrogens is 370 g/mol. The number of carbonyl (C=O) groups excluding carboxylic acids is 3. The molecule has 1 aromatic rings. The Hall–Kier alpha value is -2.41. The van der Waals surface area contributed by atoms with Gasteiger partial charge in [-0.05, 0) is 31.9 Å². The second-order valence-electron chi connectivity index (χ2n) is 7.16. The standard InChI is InChI=1S/C22H35N3O4/c1-4-5-6-7-9-22(28)25(14-8-15-29-3)17-21(27)23-16-20(26)24-19-12-10-18(2)11-13-19/h10-13H,4-9,14-17H2,1-3H3,(H,23,27)(H,24,26). The molecule has 0 aliphatic rings. The van der Waals surface area contributed by atoms with Gasteiger partial charge in [-0.1, -0.05) is 43.9 Å². The van der Waals surface area contributed by atoms with Gasteiger partial charge in [0.05, 0.1) is 13.1 Å². The molecule has 0 saturated heterocycles. The molecule has 2 N–H and O–H groups in total. The van der Waals surface area contributed by atoms with E-state index in [4.69, 9.17) is 4.74 Å². The first-order valence-corrected chi connectivity index (χ1v) is 10.4. The number of amides is 3. The highest BCUT2D eigenvalue weighted by Gasteiger charge is 2.17. The van der Waals surface area contributed by atoms with Gasteiger partial charge in [0.2, 0.25) is 17.7 Å². The summed E-state index contributed by atoms with van der Waals surface area (Å²) in [5.74, 6) is -0.682. The van der Waals surface area contributed by atoms with Gasteiger partial charge in [-0.2, -0.15) is 0 Å². The minimum atomic E-state index is -0.344. The van der Waals surface area contributed by atoms with Crippen LogP contribution in [0.2, 0.25) is 0 Å². The molecule has 7 nitrogen and oxygen atoms in total. The summed E-state index contributed by atoms with van der Waals surface area (Å²) in [7, 11) is 1.61. The highest BCUT2D eigenvalue weighted by atomic mass is 16.5. The van der Waals surface area contributed by atoms with Crippen molar-refractivity contribution in [2.45, 2.75) is 52.4 Å². The van der Waals surface area contributed by atoms with Crippen LogP contribution in [0.3, 0.4) is 0 Å². The third-order valence-corrected chi connectivity index (χ3v) is 4.49. The van der Waals surface area contributed by atoms with Gasteiger partial charge in [-0.15, -0.1) is 0 Å². The number of nitrogens with zero attached hydrogens (tertiary/aromatic N) is 1. The van der Waals surface area contributed by atoms with Crippen molar-refractivity contribution in [1.29, 1.82) is 0 Å². The normalized spacial score (nSPS) is 10.4. The molecule has 1 aromatic carbocycles.